The summed E-state index contributed by atoms with van der Waals surface area (Å²) in [6.07, 6.45) is 12.8. The lowest BCUT2D eigenvalue weighted by Gasteiger charge is -2.57. The lowest BCUT2D eigenvalue weighted by molar-refractivity contribution is -0.152. The predicted octanol–water partition coefficient (Wildman–Crippen LogP) is 7.65. The van der Waals surface area contributed by atoms with Crippen LogP contribution in [-0.4, -0.2) is 24.1 Å². The Morgan fingerprint density at radius 2 is 1.66 bits per heavy atom. The van der Waals surface area contributed by atoms with E-state index in [2.05, 4.69) is 34.6 Å². The molecule has 4 heteroatoms. The third-order valence-corrected chi connectivity index (χ3v) is 10.8. The SMILES string of the molecule is CC(=O)O[C@H]1CC[C@@]2(C)[C@@H](CCC3=C4[C@@H](OC(C)=O)C[C@H]([C@H](C)CCCC(C)C)[C@@]4(C)CC[C@@H]32)C1. The molecule has 0 bridgehead atoms. The first-order valence-corrected chi connectivity index (χ1v) is 14.5. The predicted molar refractivity (Wildman–Crippen MR) is 140 cm³/mol. The van der Waals surface area contributed by atoms with Crippen molar-refractivity contribution in [3.05, 3.63) is 11.1 Å². The number of carbonyl (C=O) groups excluding carboxylic acids is 2. The van der Waals surface area contributed by atoms with Gasteiger partial charge in [0, 0.05) is 13.8 Å². The van der Waals surface area contributed by atoms with E-state index in [0.717, 1.165) is 38.0 Å². The molecule has 3 saturated carbocycles. The highest BCUT2D eigenvalue weighted by Crippen LogP contribution is 2.66. The first-order valence-electron chi connectivity index (χ1n) is 14.5. The average Bonchev–Trinajstić information content (AvgIpc) is 3.05. The van der Waals surface area contributed by atoms with Crippen LogP contribution in [-0.2, 0) is 19.1 Å². The third-order valence-electron chi connectivity index (χ3n) is 10.8. The zero-order chi connectivity index (χ0) is 25.5. The van der Waals surface area contributed by atoms with Gasteiger partial charge in [0.2, 0.25) is 0 Å². The van der Waals surface area contributed by atoms with Crippen LogP contribution in [0.15, 0.2) is 11.1 Å². The van der Waals surface area contributed by atoms with Crippen LogP contribution in [0.5, 0.6) is 0 Å². The number of esters is 2. The van der Waals surface area contributed by atoms with Gasteiger partial charge in [-0.3, -0.25) is 9.59 Å². The maximum absolute atomic E-state index is 12.2. The van der Waals surface area contributed by atoms with Crippen LogP contribution < -0.4 is 0 Å². The topological polar surface area (TPSA) is 52.6 Å². The van der Waals surface area contributed by atoms with E-state index in [1.165, 1.54) is 51.0 Å². The Hall–Kier alpha value is -1.32. The summed E-state index contributed by atoms with van der Waals surface area (Å²) >= 11 is 0. The van der Waals surface area contributed by atoms with Crippen molar-refractivity contribution >= 4 is 11.9 Å². The van der Waals surface area contributed by atoms with Crippen molar-refractivity contribution in [3.63, 3.8) is 0 Å². The minimum Gasteiger partial charge on any atom is -0.463 e. The Labute approximate surface area is 214 Å². The van der Waals surface area contributed by atoms with Crippen molar-refractivity contribution < 1.29 is 19.1 Å². The summed E-state index contributed by atoms with van der Waals surface area (Å²) in [5.41, 5.74) is 3.58. The van der Waals surface area contributed by atoms with Gasteiger partial charge >= 0.3 is 11.9 Å². The zero-order valence-corrected chi connectivity index (χ0v) is 23.5. The largest absolute Gasteiger partial charge is 0.463 e. The van der Waals surface area contributed by atoms with Crippen molar-refractivity contribution in [1.29, 1.82) is 0 Å². The molecule has 0 heterocycles. The van der Waals surface area contributed by atoms with Gasteiger partial charge in [0.15, 0.2) is 0 Å². The summed E-state index contributed by atoms with van der Waals surface area (Å²) in [7, 11) is 0. The molecule has 0 N–H and O–H groups in total. The maximum Gasteiger partial charge on any atom is 0.303 e. The molecule has 4 aliphatic rings. The molecular weight excluding hydrogens is 436 g/mol. The molecule has 0 aromatic heterocycles. The number of allylic oxidation sites excluding steroid dienone is 1. The fourth-order valence-electron chi connectivity index (χ4n) is 9.09. The fraction of sp³-hybridized carbons (Fsp3) is 0.871. The van der Waals surface area contributed by atoms with Crippen LogP contribution in [0.3, 0.4) is 0 Å². The first kappa shape index (κ1) is 26.7. The van der Waals surface area contributed by atoms with E-state index in [9.17, 15) is 9.59 Å². The minimum absolute atomic E-state index is 0.0367. The number of hydrogen-bond acceptors (Lipinski definition) is 4. The number of rotatable bonds is 7. The van der Waals surface area contributed by atoms with Crippen LogP contribution in [0, 0.1) is 40.4 Å². The molecule has 198 valence electrons. The van der Waals surface area contributed by atoms with Gasteiger partial charge in [-0.1, -0.05) is 59.5 Å². The normalized spacial score (nSPS) is 39.5. The minimum atomic E-state index is -0.144. The molecule has 0 radical (unpaired) electrons. The lowest BCUT2D eigenvalue weighted by atomic mass is 9.48. The molecule has 0 spiro atoms. The Kier molecular flexibility index (Phi) is 7.80. The van der Waals surface area contributed by atoms with Gasteiger partial charge in [0.25, 0.3) is 0 Å². The Morgan fingerprint density at radius 1 is 0.943 bits per heavy atom. The number of hydrogen-bond donors (Lipinski definition) is 0. The molecule has 4 aliphatic carbocycles. The van der Waals surface area contributed by atoms with Crippen LogP contribution in [0.1, 0.15) is 119 Å². The summed E-state index contributed by atoms with van der Waals surface area (Å²) < 4.78 is 11.7. The van der Waals surface area contributed by atoms with Gasteiger partial charge in [0.05, 0.1) is 0 Å². The van der Waals surface area contributed by atoms with E-state index in [1.807, 2.05) is 0 Å². The summed E-state index contributed by atoms with van der Waals surface area (Å²) in [6.45, 7) is 15.2. The van der Waals surface area contributed by atoms with E-state index in [4.69, 9.17) is 9.47 Å². The molecule has 4 nitrogen and oxygen atoms in total. The smallest absolute Gasteiger partial charge is 0.303 e. The second kappa shape index (κ2) is 10.2. The third kappa shape index (κ3) is 5.10. The molecule has 35 heavy (non-hydrogen) atoms. The molecule has 4 rings (SSSR count). The monoisotopic (exact) mass is 486 g/mol. The van der Waals surface area contributed by atoms with Crippen LogP contribution in [0.4, 0.5) is 0 Å². The second-order valence-electron chi connectivity index (χ2n) is 13.4. The van der Waals surface area contributed by atoms with Crippen molar-refractivity contribution in [2.75, 3.05) is 0 Å². The fourth-order valence-corrected chi connectivity index (χ4v) is 9.09. The highest BCUT2D eigenvalue weighted by Gasteiger charge is 2.59. The molecule has 0 aliphatic heterocycles. The molecule has 3 fully saturated rings. The second-order valence-corrected chi connectivity index (χ2v) is 13.4. The van der Waals surface area contributed by atoms with Gasteiger partial charge < -0.3 is 9.47 Å². The van der Waals surface area contributed by atoms with Crippen molar-refractivity contribution in [1.82, 2.24) is 0 Å². The Bertz CT molecular complexity index is 843. The average molecular weight is 487 g/mol. The van der Waals surface area contributed by atoms with E-state index in [0.29, 0.717) is 23.7 Å². The molecule has 0 aromatic rings. The number of fused-ring (bicyclic) bond motifs is 4. The van der Waals surface area contributed by atoms with Crippen LogP contribution in [0.25, 0.3) is 0 Å². The van der Waals surface area contributed by atoms with Gasteiger partial charge in [-0.05, 0) is 97.4 Å². The lowest BCUT2D eigenvalue weighted by Crippen LogP contribution is -2.49. The maximum atomic E-state index is 12.2. The summed E-state index contributed by atoms with van der Waals surface area (Å²) in [5.74, 6) is 2.91. The van der Waals surface area contributed by atoms with Crippen LogP contribution in [0.2, 0.25) is 0 Å². The summed E-state index contributed by atoms with van der Waals surface area (Å²) in [4.78, 5) is 23.8. The van der Waals surface area contributed by atoms with Gasteiger partial charge in [0.1, 0.15) is 12.2 Å². The molecular formula is C31H50O4. The number of carbonyl (C=O) groups is 2. The van der Waals surface area contributed by atoms with E-state index in [-0.39, 0.29) is 35.0 Å². The van der Waals surface area contributed by atoms with Crippen molar-refractivity contribution in [2.24, 2.45) is 40.4 Å². The standard InChI is InChI=1S/C31H50O4/c1-19(2)9-8-10-20(3)27-18-28(35-22(5)33)29-25-12-11-23-17-24(34-21(4)32)13-15-30(23,6)26(25)14-16-31(27,29)7/h19-20,23-24,26-28H,8-18H2,1-7H3/t20-,23+,24+,26+,27-,28+,30+,31-/m1/s1. The first-order chi connectivity index (χ1) is 16.5. The summed E-state index contributed by atoms with van der Waals surface area (Å²) in [6, 6.07) is 0. The molecule has 0 amide bonds. The quantitative estimate of drug-likeness (QED) is 0.274. The van der Waals surface area contributed by atoms with Crippen molar-refractivity contribution in [2.45, 2.75) is 131 Å². The zero-order valence-electron chi connectivity index (χ0n) is 23.5. The Morgan fingerprint density at radius 3 is 2.31 bits per heavy atom. The van der Waals surface area contributed by atoms with E-state index in [1.54, 1.807) is 12.5 Å². The van der Waals surface area contributed by atoms with E-state index < -0.39 is 0 Å². The van der Waals surface area contributed by atoms with Crippen molar-refractivity contribution in [3.8, 4) is 0 Å². The van der Waals surface area contributed by atoms with E-state index >= 15 is 0 Å². The molecule has 0 aromatic carbocycles. The molecule has 8 atom stereocenters. The van der Waals surface area contributed by atoms with Crippen LogP contribution >= 0.6 is 0 Å². The van der Waals surface area contributed by atoms with Gasteiger partial charge in [-0.15, -0.1) is 0 Å². The Balaban J connectivity index is 1.62. The molecule has 0 unspecified atom stereocenters. The van der Waals surface area contributed by atoms with Gasteiger partial charge in [-0.25, -0.2) is 0 Å². The van der Waals surface area contributed by atoms with Gasteiger partial charge in [-0.2, -0.15) is 0 Å². The summed E-state index contributed by atoms with van der Waals surface area (Å²) in [5, 5.41) is 0. The number of ether oxygens (including phenoxy) is 2. The molecule has 0 saturated heterocycles. The highest BCUT2D eigenvalue weighted by molar-refractivity contribution is 5.67. The highest BCUT2D eigenvalue weighted by atomic mass is 16.5.